The highest BCUT2D eigenvalue weighted by Gasteiger charge is 2.38. The minimum Gasteiger partial charge on any atom is -0.480 e. The number of aromatic nitrogens is 1. The molecule has 0 bridgehead atoms. The second kappa shape index (κ2) is 20.0. The van der Waals surface area contributed by atoms with E-state index in [1.54, 1.807) is 20.8 Å². The number of carboxylic acid groups (broad SMARTS) is 3. The first-order chi connectivity index (χ1) is 23.7. The summed E-state index contributed by atoms with van der Waals surface area (Å²) < 4.78 is 0. The molecule has 0 aromatic carbocycles. The van der Waals surface area contributed by atoms with E-state index in [0.29, 0.717) is 57.7 Å². The number of nitrogens with zero attached hydrogens (tertiary/aromatic N) is 6. The summed E-state index contributed by atoms with van der Waals surface area (Å²) in [5, 5.41) is 49.8. The van der Waals surface area contributed by atoms with E-state index in [0.717, 1.165) is 0 Å². The highest BCUT2D eigenvalue weighted by molar-refractivity contribution is 6.43. The molecular formula is C31H48BN7O11. The van der Waals surface area contributed by atoms with Gasteiger partial charge in [-0.3, -0.25) is 53.4 Å². The Morgan fingerprint density at radius 3 is 1.68 bits per heavy atom. The number of ketones is 1. The first kappa shape index (κ1) is 40.4. The van der Waals surface area contributed by atoms with Gasteiger partial charge in [-0.2, -0.15) is 0 Å². The van der Waals surface area contributed by atoms with Crippen LogP contribution in [0.15, 0.2) is 18.3 Å². The molecule has 2 aliphatic rings. The second-order valence-electron chi connectivity index (χ2n) is 12.7. The molecule has 2 fully saturated rings. The molecule has 2 aliphatic heterocycles. The van der Waals surface area contributed by atoms with Gasteiger partial charge in [0.2, 0.25) is 5.91 Å². The number of carbonyl (C=O) groups excluding carboxylic acids is 3. The molecule has 0 aliphatic carbocycles. The van der Waals surface area contributed by atoms with Gasteiger partial charge in [-0.05, 0) is 38.3 Å². The molecule has 0 unspecified atom stereocenters. The zero-order valence-corrected chi connectivity index (χ0v) is 28.4. The molecule has 276 valence electrons. The van der Waals surface area contributed by atoms with E-state index in [2.05, 4.69) is 10.3 Å². The molecule has 19 heteroatoms. The highest BCUT2D eigenvalue weighted by Crippen LogP contribution is 2.19. The predicted molar refractivity (Wildman–Crippen MR) is 178 cm³/mol. The zero-order chi connectivity index (χ0) is 36.8. The molecule has 0 saturated carbocycles. The largest absolute Gasteiger partial charge is 0.480 e. The minimum atomic E-state index is -1.66. The number of amides is 2. The zero-order valence-electron chi connectivity index (χ0n) is 28.4. The molecule has 2 saturated heterocycles. The molecule has 50 heavy (non-hydrogen) atoms. The monoisotopic (exact) mass is 705 g/mol. The summed E-state index contributed by atoms with van der Waals surface area (Å²) in [5.74, 6) is -4.87. The van der Waals surface area contributed by atoms with Crippen LogP contribution in [0.3, 0.4) is 0 Å². The van der Waals surface area contributed by atoms with Gasteiger partial charge in [0.15, 0.2) is 0 Å². The van der Waals surface area contributed by atoms with Crippen molar-refractivity contribution in [1.29, 1.82) is 0 Å². The number of carbonyl (C=O) groups is 6. The van der Waals surface area contributed by atoms with Crippen LogP contribution in [0.25, 0.3) is 0 Å². The maximum absolute atomic E-state index is 13.1. The van der Waals surface area contributed by atoms with Gasteiger partial charge in [0.1, 0.15) is 11.8 Å². The number of hydrogen-bond acceptors (Lipinski definition) is 13. The lowest BCUT2D eigenvalue weighted by atomic mass is 9.78. The number of aryl methyl sites for hydroxylation is 1. The summed E-state index contributed by atoms with van der Waals surface area (Å²) in [5.41, 5.74) is 0.776. The number of rotatable bonds is 15. The Morgan fingerprint density at radius 2 is 1.26 bits per heavy atom. The van der Waals surface area contributed by atoms with Gasteiger partial charge in [-0.25, -0.2) is 0 Å². The maximum Gasteiger partial charge on any atom is 0.475 e. The standard InChI is InChI=1S/C31H48BN7O11/c1-22(31(48)39-8-2-3-26(39)32(49)50)34-30(47)23-4-5-24(33-17-23)6-7-25(40)18-35-9-11-36(19-27(41)42)13-15-38(21-29(45)46)16-14-37(12-10-35)20-28(43)44/h4-5,17,22,26,49-50H,2-3,6-16,18-21H2,1H3,(H,34,47)(H,41,42)(H,43,44)(H,45,46)/t22-,26+/m1/s1. The number of hydrogen-bond donors (Lipinski definition) is 6. The number of pyridine rings is 1. The third kappa shape index (κ3) is 13.7. The minimum absolute atomic E-state index is 0.0462. The van der Waals surface area contributed by atoms with Gasteiger partial charge in [-0.15, -0.1) is 0 Å². The van der Waals surface area contributed by atoms with Crippen LogP contribution in [0.1, 0.15) is 42.2 Å². The van der Waals surface area contributed by atoms with Crippen LogP contribution in [-0.2, 0) is 30.4 Å². The topological polar surface area (TPSA) is 245 Å². The number of likely N-dealkylation sites (tertiary alicyclic amines) is 1. The van der Waals surface area contributed by atoms with Crippen molar-refractivity contribution in [3.8, 4) is 0 Å². The molecule has 2 atom stereocenters. The highest BCUT2D eigenvalue weighted by atomic mass is 16.4. The average molecular weight is 706 g/mol. The van der Waals surface area contributed by atoms with E-state index in [4.69, 9.17) is 0 Å². The lowest BCUT2D eigenvalue weighted by molar-refractivity contribution is -0.140. The molecule has 18 nitrogen and oxygen atoms in total. The summed E-state index contributed by atoms with van der Waals surface area (Å²) in [6, 6.07) is 2.26. The number of aliphatic carboxylic acids is 3. The van der Waals surface area contributed by atoms with E-state index < -0.39 is 48.8 Å². The van der Waals surface area contributed by atoms with Crippen LogP contribution in [0, 0.1) is 0 Å². The third-order valence-corrected chi connectivity index (χ3v) is 8.80. The predicted octanol–water partition coefficient (Wildman–Crippen LogP) is -2.82. The van der Waals surface area contributed by atoms with E-state index in [-0.39, 0.29) is 70.1 Å². The van der Waals surface area contributed by atoms with Gasteiger partial charge >= 0.3 is 25.0 Å². The SMILES string of the molecule is C[C@@H](NC(=O)c1ccc(CCC(=O)CN2CCN(CC(=O)O)CCN(CC(=O)O)CCN(CC(=O)O)CC2)nc1)C(=O)N1CCC[C@H]1B(O)O. The Bertz CT molecular complexity index is 1300. The molecular weight excluding hydrogens is 657 g/mol. The Balaban J connectivity index is 1.56. The first-order valence-electron chi connectivity index (χ1n) is 16.7. The molecule has 1 aromatic rings. The summed E-state index contributed by atoms with van der Waals surface area (Å²) in [6.45, 7) is 3.56. The van der Waals surface area contributed by atoms with Gasteiger partial charge in [0.05, 0.1) is 37.7 Å². The van der Waals surface area contributed by atoms with Crippen LogP contribution in [-0.4, -0.2) is 195 Å². The Kier molecular flexibility index (Phi) is 16.2. The lowest BCUT2D eigenvalue weighted by Crippen LogP contribution is -2.52. The molecule has 1 aromatic heterocycles. The molecule has 0 radical (unpaired) electrons. The van der Waals surface area contributed by atoms with Crippen LogP contribution in [0.5, 0.6) is 0 Å². The molecule has 2 amide bonds. The van der Waals surface area contributed by atoms with Crippen molar-refractivity contribution in [2.75, 3.05) is 85.1 Å². The van der Waals surface area contributed by atoms with E-state index in [9.17, 15) is 54.1 Å². The molecule has 3 rings (SSSR count). The summed E-state index contributed by atoms with van der Waals surface area (Å²) in [6.07, 6.45) is 2.87. The van der Waals surface area contributed by atoms with Crippen molar-refractivity contribution in [2.24, 2.45) is 0 Å². The van der Waals surface area contributed by atoms with E-state index >= 15 is 0 Å². The van der Waals surface area contributed by atoms with Gasteiger partial charge in [0.25, 0.3) is 5.91 Å². The van der Waals surface area contributed by atoms with Crippen molar-refractivity contribution in [3.05, 3.63) is 29.6 Å². The molecule has 6 N–H and O–H groups in total. The van der Waals surface area contributed by atoms with Crippen molar-refractivity contribution in [3.63, 3.8) is 0 Å². The quantitative estimate of drug-likeness (QED) is 0.101. The average Bonchev–Trinajstić information content (AvgIpc) is 3.55. The van der Waals surface area contributed by atoms with Crippen LogP contribution >= 0.6 is 0 Å². The van der Waals surface area contributed by atoms with E-state index in [1.807, 2.05) is 4.90 Å². The maximum atomic E-state index is 13.1. The lowest BCUT2D eigenvalue weighted by Gasteiger charge is -2.32. The van der Waals surface area contributed by atoms with Crippen LogP contribution in [0.2, 0.25) is 0 Å². The number of Topliss-reactive ketones (excluding diaryl/α,β-unsaturated/α-hetero) is 1. The third-order valence-electron chi connectivity index (χ3n) is 8.80. The van der Waals surface area contributed by atoms with Crippen LogP contribution in [0.4, 0.5) is 0 Å². The summed E-state index contributed by atoms with van der Waals surface area (Å²) in [7, 11) is -1.66. The van der Waals surface area contributed by atoms with Crippen molar-refractivity contribution < 1.29 is 54.1 Å². The fourth-order valence-corrected chi connectivity index (χ4v) is 6.05. The Hall–Kier alpha value is -4.01. The first-order valence-corrected chi connectivity index (χ1v) is 16.7. The van der Waals surface area contributed by atoms with Crippen molar-refractivity contribution in [2.45, 2.75) is 44.6 Å². The summed E-state index contributed by atoms with van der Waals surface area (Å²) in [4.78, 5) is 85.6. The second-order valence-corrected chi connectivity index (χ2v) is 12.7. The van der Waals surface area contributed by atoms with Crippen molar-refractivity contribution in [1.82, 2.24) is 34.8 Å². The van der Waals surface area contributed by atoms with Gasteiger partial charge in [0, 0.05) is 77.2 Å². The Labute approximate surface area is 290 Å². The van der Waals surface area contributed by atoms with Gasteiger partial charge in [-0.1, -0.05) is 0 Å². The number of carboxylic acids is 3. The molecule has 0 spiro atoms. The summed E-state index contributed by atoms with van der Waals surface area (Å²) >= 11 is 0. The van der Waals surface area contributed by atoms with Crippen molar-refractivity contribution >= 4 is 42.6 Å². The Morgan fingerprint density at radius 1 is 0.780 bits per heavy atom. The van der Waals surface area contributed by atoms with Crippen LogP contribution < -0.4 is 5.32 Å². The normalized spacial score (nSPS) is 19.6. The number of nitrogens with one attached hydrogen (secondary N) is 1. The van der Waals surface area contributed by atoms with E-state index in [1.165, 1.54) is 24.1 Å². The molecule has 3 heterocycles. The fraction of sp³-hybridized carbons (Fsp3) is 0.645. The van der Waals surface area contributed by atoms with Gasteiger partial charge < -0.3 is 35.6 Å². The fourth-order valence-electron chi connectivity index (χ4n) is 6.05. The smallest absolute Gasteiger partial charge is 0.475 e.